The fourth-order valence-corrected chi connectivity index (χ4v) is 2.34. The number of benzene rings is 1. The Labute approximate surface area is 122 Å². The second-order valence-corrected chi connectivity index (χ2v) is 4.98. The molecule has 1 saturated heterocycles. The largest absolute Gasteiger partial charge is 0.497 e. The molecule has 4 N–H and O–H groups in total. The van der Waals surface area contributed by atoms with E-state index < -0.39 is 5.97 Å². The summed E-state index contributed by atoms with van der Waals surface area (Å²) in [7, 11) is 1.48. The lowest BCUT2D eigenvalue weighted by Crippen LogP contribution is -2.34. The van der Waals surface area contributed by atoms with Gasteiger partial charge in [-0.2, -0.15) is 0 Å². The van der Waals surface area contributed by atoms with Crippen molar-refractivity contribution in [1.29, 1.82) is 0 Å². The molecule has 1 aromatic rings. The molecule has 0 saturated carbocycles. The molecular weight excluding hydrogens is 274 g/mol. The molecular formula is C14H19N3O4. The highest BCUT2D eigenvalue weighted by atomic mass is 16.5. The third-order valence-electron chi connectivity index (χ3n) is 3.61. The minimum atomic E-state index is -1.10. The van der Waals surface area contributed by atoms with Crippen LogP contribution in [0.2, 0.25) is 0 Å². The van der Waals surface area contributed by atoms with E-state index in [4.69, 9.17) is 15.6 Å². The number of carbonyl (C=O) groups excluding carboxylic acids is 1. The zero-order valence-corrected chi connectivity index (χ0v) is 11.8. The molecule has 0 bridgehead atoms. The Morgan fingerprint density at radius 3 is 2.86 bits per heavy atom. The Morgan fingerprint density at radius 2 is 2.29 bits per heavy atom. The van der Waals surface area contributed by atoms with Gasteiger partial charge in [0.25, 0.3) is 0 Å². The zero-order valence-electron chi connectivity index (χ0n) is 11.8. The second kappa shape index (κ2) is 6.45. The van der Waals surface area contributed by atoms with Gasteiger partial charge in [0.15, 0.2) is 0 Å². The maximum absolute atomic E-state index is 12.2. The maximum Gasteiger partial charge on any atom is 0.337 e. The van der Waals surface area contributed by atoms with Crippen molar-refractivity contribution >= 4 is 17.7 Å². The van der Waals surface area contributed by atoms with Gasteiger partial charge < -0.3 is 25.8 Å². The number of carboxylic acids is 1. The van der Waals surface area contributed by atoms with Crippen molar-refractivity contribution < 1.29 is 19.4 Å². The summed E-state index contributed by atoms with van der Waals surface area (Å²) in [5.41, 5.74) is 5.85. The first-order chi connectivity index (χ1) is 10.0. The minimum Gasteiger partial charge on any atom is -0.497 e. The molecule has 1 aromatic carbocycles. The van der Waals surface area contributed by atoms with Gasteiger partial charge in [0.1, 0.15) is 5.75 Å². The summed E-state index contributed by atoms with van der Waals surface area (Å²) in [6, 6.07) is 4.13. The molecule has 7 nitrogen and oxygen atoms in total. The number of anilines is 1. The zero-order chi connectivity index (χ0) is 15.4. The molecule has 0 aromatic heterocycles. The fraction of sp³-hybridized carbons (Fsp3) is 0.429. The number of nitrogens with zero attached hydrogens (tertiary/aromatic N) is 1. The van der Waals surface area contributed by atoms with Crippen LogP contribution >= 0.6 is 0 Å². The van der Waals surface area contributed by atoms with Crippen LogP contribution in [0.5, 0.6) is 5.75 Å². The van der Waals surface area contributed by atoms with Gasteiger partial charge in [0.05, 0.1) is 18.4 Å². The molecule has 1 unspecified atom stereocenters. The lowest BCUT2D eigenvalue weighted by molar-refractivity contribution is 0.0698. The molecule has 1 fully saturated rings. The van der Waals surface area contributed by atoms with Crippen molar-refractivity contribution in [2.75, 3.05) is 32.1 Å². The van der Waals surface area contributed by atoms with Crippen LogP contribution in [-0.4, -0.2) is 48.8 Å². The first-order valence-corrected chi connectivity index (χ1v) is 6.72. The number of rotatable bonds is 4. The van der Waals surface area contributed by atoms with Crippen molar-refractivity contribution in [2.24, 2.45) is 11.7 Å². The van der Waals surface area contributed by atoms with E-state index in [1.165, 1.54) is 19.2 Å². The number of likely N-dealkylation sites (tertiary alicyclic amines) is 1. The molecule has 1 heterocycles. The van der Waals surface area contributed by atoms with Gasteiger partial charge >= 0.3 is 12.0 Å². The quantitative estimate of drug-likeness (QED) is 0.773. The van der Waals surface area contributed by atoms with Gasteiger partial charge in [-0.1, -0.05) is 0 Å². The Kier molecular flexibility index (Phi) is 4.64. The molecule has 2 rings (SSSR count). The van der Waals surface area contributed by atoms with Crippen LogP contribution in [0.15, 0.2) is 18.2 Å². The topological polar surface area (TPSA) is 105 Å². The normalized spacial score (nSPS) is 17.6. The number of urea groups is 1. The molecule has 7 heteroatoms. The summed E-state index contributed by atoms with van der Waals surface area (Å²) >= 11 is 0. The van der Waals surface area contributed by atoms with Crippen LogP contribution < -0.4 is 15.8 Å². The van der Waals surface area contributed by atoms with Crippen LogP contribution in [0, 0.1) is 5.92 Å². The fourth-order valence-electron chi connectivity index (χ4n) is 2.34. The van der Waals surface area contributed by atoms with Gasteiger partial charge in [-0.05, 0) is 31.0 Å². The highest BCUT2D eigenvalue weighted by Crippen LogP contribution is 2.24. The van der Waals surface area contributed by atoms with Crippen molar-refractivity contribution in [2.45, 2.75) is 6.42 Å². The SMILES string of the molecule is COc1ccc(C(=O)O)c(NC(=O)N2CCC(CN)C2)c1. The van der Waals surface area contributed by atoms with Gasteiger partial charge in [-0.3, -0.25) is 0 Å². The number of hydrogen-bond acceptors (Lipinski definition) is 4. The summed E-state index contributed by atoms with van der Waals surface area (Å²) < 4.78 is 5.06. The van der Waals surface area contributed by atoms with Crippen LogP contribution in [0.25, 0.3) is 0 Å². The first kappa shape index (κ1) is 15.1. The molecule has 114 valence electrons. The van der Waals surface area contributed by atoms with E-state index >= 15 is 0 Å². The van der Waals surface area contributed by atoms with Crippen molar-refractivity contribution in [3.8, 4) is 5.75 Å². The molecule has 0 spiro atoms. The summed E-state index contributed by atoms with van der Waals surface area (Å²) in [5, 5.41) is 11.8. The number of nitrogens with two attached hydrogens (primary N) is 1. The van der Waals surface area contributed by atoms with E-state index in [0.29, 0.717) is 31.3 Å². The van der Waals surface area contributed by atoms with Gasteiger partial charge in [0.2, 0.25) is 0 Å². The van der Waals surface area contributed by atoms with Crippen molar-refractivity contribution in [3.05, 3.63) is 23.8 Å². The van der Waals surface area contributed by atoms with E-state index in [2.05, 4.69) is 5.32 Å². The van der Waals surface area contributed by atoms with Crippen molar-refractivity contribution in [3.63, 3.8) is 0 Å². The van der Waals surface area contributed by atoms with E-state index in [1.807, 2.05) is 0 Å². The molecule has 21 heavy (non-hydrogen) atoms. The summed E-state index contributed by atoms with van der Waals surface area (Å²) in [6.45, 7) is 1.76. The van der Waals surface area contributed by atoms with E-state index in [-0.39, 0.29) is 17.3 Å². The van der Waals surface area contributed by atoms with Crippen LogP contribution in [0.4, 0.5) is 10.5 Å². The Bertz CT molecular complexity index is 547. The molecule has 1 aliphatic rings. The average Bonchev–Trinajstić information content (AvgIpc) is 2.95. The Balaban J connectivity index is 2.14. The van der Waals surface area contributed by atoms with Gasteiger partial charge in [-0.25, -0.2) is 9.59 Å². The lowest BCUT2D eigenvalue weighted by atomic mass is 10.1. The monoisotopic (exact) mass is 293 g/mol. The van der Waals surface area contributed by atoms with Crippen LogP contribution in [0.3, 0.4) is 0 Å². The van der Waals surface area contributed by atoms with Gasteiger partial charge in [-0.15, -0.1) is 0 Å². The van der Waals surface area contributed by atoms with E-state index in [9.17, 15) is 9.59 Å². The smallest absolute Gasteiger partial charge is 0.337 e. The number of methoxy groups -OCH3 is 1. The van der Waals surface area contributed by atoms with E-state index in [0.717, 1.165) is 6.42 Å². The number of ether oxygens (including phenoxy) is 1. The Morgan fingerprint density at radius 1 is 1.52 bits per heavy atom. The van der Waals surface area contributed by atoms with E-state index in [1.54, 1.807) is 11.0 Å². The number of amides is 2. The number of nitrogens with one attached hydrogen (secondary N) is 1. The molecule has 0 aliphatic carbocycles. The van der Waals surface area contributed by atoms with Crippen LogP contribution in [0.1, 0.15) is 16.8 Å². The highest BCUT2D eigenvalue weighted by Gasteiger charge is 2.26. The molecule has 1 aliphatic heterocycles. The molecule has 1 atom stereocenters. The maximum atomic E-state index is 12.2. The third kappa shape index (κ3) is 3.43. The summed E-state index contributed by atoms with van der Waals surface area (Å²) in [6.07, 6.45) is 0.869. The van der Waals surface area contributed by atoms with Gasteiger partial charge in [0, 0.05) is 19.2 Å². The first-order valence-electron chi connectivity index (χ1n) is 6.72. The number of aromatic carboxylic acids is 1. The number of hydrogen-bond donors (Lipinski definition) is 3. The Hall–Kier alpha value is -2.28. The number of carbonyl (C=O) groups is 2. The number of carboxylic acid groups (broad SMARTS) is 1. The lowest BCUT2D eigenvalue weighted by Gasteiger charge is -2.18. The standard InChI is InChI=1S/C14H19N3O4/c1-21-10-2-3-11(13(18)19)12(6-10)16-14(20)17-5-4-9(7-15)8-17/h2-3,6,9H,4-5,7-8,15H2,1H3,(H,16,20)(H,18,19). The molecule has 0 radical (unpaired) electrons. The minimum absolute atomic E-state index is 0.0266. The molecule has 2 amide bonds. The summed E-state index contributed by atoms with van der Waals surface area (Å²) in [4.78, 5) is 25.0. The van der Waals surface area contributed by atoms with Crippen molar-refractivity contribution in [1.82, 2.24) is 4.90 Å². The predicted octanol–water partition coefficient (Wildman–Crippen LogP) is 1.21. The highest BCUT2D eigenvalue weighted by molar-refractivity contribution is 6.00. The second-order valence-electron chi connectivity index (χ2n) is 4.98. The van der Waals surface area contributed by atoms with Crippen LogP contribution in [-0.2, 0) is 0 Å². The summed E-state index contributed by atoms with van der Waals surface area (Å²) in [5.74, 6) is -0.314. The predicted molar refractivity (Wildman–Crippen MR) is 77.7 cm³/mol. The average molecular weight is 293 g/mol. The third-order valence-corrected chi connectivity index (χ3v) is 3.61.